The Labute approximate surface area is 97.0 Å². The van der Waals surface area contributed by atoms with Crippen molar-refractivity contribution in [2.45, 2.75) is 24.8 Å². The summed E-state index contributed by atoms with van der Waals surface area (Å²) in [7, 11) is 0. The van der Waals surface area contributed by atoms with Gasteiger partial charge in [0.2, 0.25) is 0 Å². The van der Waals surface area contributed by atoms with Gasteiger partial charge in [-0.25, -0.2) is 0 Å². The van der Waals surface area contributed by atoms with E-state index in [2.05, 4.69) is 35.6 Å². The molecule has 86 valence electrons. The van der Waals surface area contributed by atoms with Crippen molar-refractivity contribution in [2.24, 2.45) is 5.92 Å². The molecule has 1 unspecified atom stereocenters. The first-order chi connectivity index (χ1) is 7.95. The molecule has 2 nitrogen and oxygen atoms in total. The predicted octanol–water partition coefficient (Wildman–Crippen LogP) is 2.17. The fourth-order valence-electron chi connectivity index (χ4n) is 3.13. The first kappa shape index (κ1) is 10.3. The summed E-state index contributed by atoms with van der Waals surface area (Å²) in [6.45, 7) is 3.05. The maximum atomic E-state index is 5.51. The zero-order valence-electron chi connectivity index (χ0n) is 9.56. The van der Waals surface area contributed by atoms with E-state index in [9.17, 15) is 0 Å². The van der Waals surface area contributed by atoms with Crippen molar-refractivity contribution in [2.75, 3.05) is 19.8 Å². The Kier molecular flexibility index (Phi) is 2.94. The zero-order valence-corrected chi connectivity index (χ0v) is 9.56. The summed E-state index contributed by atoms with van der Waals surface area (Å²) >= 11 is 0. The van der Waals surface area contributed by atoms with E-state index in [4.69, 9.17) is 4.74 Å². The second kappa shape index (κ2) is 4.56. The third-order valence-corrected chi connectivity index (χ3v) is 3.97. The van der Waals surface area contributed by atoms with Crippen LogP contribution in [0.3, 0.4) is 0 Å². The second-order valence-corrected chi connectivity index (χ2v) is 4.91. The van der Waals surface area contributed by atoms with Crippen LogP contribution in [0, 0.1) is 5.92 Å². The van der Waals surface area contributed by atoms with Crippen LogP contribution in [0.25, 0.3) is 0 Å². The molecule has 2 aliphatic heterocycles. The quantitative estimate of drug-likeness (QED) is 0.819. The van der Waals surface area contributed by atoms with Crippen molar-refractivity contribution in [3.8, 4) is 0 Å². The number of nitrogens with one attached hydrogen (secondary N) is 1. The Morgan fingerprint density at radius 2 is 2.00 bits per heavy atom. The third-order valence-electron chi connectivity index (χ3n) is 3.97. The van der Waals surface area contributed by atoms with Crippen molar-refractivity contribution in [3.05, 3.63) is 35.9 Å². The number of hydrogen-bond donors (Lipinski definition) is 1. The molecule has 2 heteroatoms. The largest absolute Gasteiger partial charge is 0.381 e. The van der Waals surface area contributed by atoms with E-state index in [-0.39, 0.29) is 0 Å². The number of hydrogen-bond acceptors (Lipinski definition) is 2. The molecule has 2 fully saturated rings. The summed E-state index contributed by atoms with van der Waals surface area (Å²) in [4.78, 5) is 0. The summed E-state index contributed by atoms with van der Waals surface area (Å²) in [5.74, 6) is 1.40. The van der Waals surface area contributed by atoms with Gasteiger partial charge >= 0.3 is 0 Å². The molecule has 2 aliphatic rings. The summed E-state index contributed by atoms with van der Waals surface area (Å²) in [6.07, 6.45) is 2.49. The zero-order chi connectivity index (χ0) is 10.8. The fourth-order valence-corrected chi connectivity index (χ4v) is 3.13. The van der Waals surface area contributed by atoms with Crippen LogP contribution in [0.1, 0.15) is 24.3 Å². The number of benzene rings is 1. The highest BCUT2D eigenvalue weighted by atomic mass is 16.5. The normalized spacial score (nSPS) is 34.4. The molecular weight excluding hydrogens is 198 g/mol. The van der Waals surface area contributed by atoms with Gasteiger partial charge in [-0.1, -0.05) is 30.3 Å². The summed E-state index contributed by atoms with van der Waals surface area (Å²) in [6, 6.07) is 11.6. The predicted molar refractivity (Wildman–Crippen MR) is 64.5 cm³/mol. The number of ether oxygens (including phenoxy) is 1. The highest BCUT2D eigenvalue weighted by Crippen LogP contribution is 2.34. The molecule has 0 saturated carbocycles. The molecule has 1 aromatic carbocycles. The van der Waals surface area contributed by atoms with E-state index in [0.717, 1.165) is 19.8 Å². The first-order valence-corrected chi connectivity index (χ1v) is 6.31. The Hall–Kier alpha value is -0.860. The van der Waals surface area contributed by atoms with Gasteiger partial charge in [-0.3, -0.25) is 0 Å². The minimum atomic E-state index is 0.630. The van der Waals surface area contributed by atoms with Gasteiger partial charge in [-0.2, -0.15) is 0 Å². The van der Waals surface area contributed by atoms with E-state index >= 15 is 0 Å². The van der Waals surface area contributed by atoms with E-state index in [1.807, 2.05) is 0 Å². The molecule has 16 heavy (non-hydrogen) atoms. The molecule has 1 N–H and O–H groups in total. The first-order valence-electron chi connectivity index (χ1n) is 6.31. The topological polar surface area (TPSA) is 21.3 Å². The summed E-state index contributed by atoms with van der Waals surface area (Å²) < 4.78 is 5.51. The van der Waals surface area contributed by atoms with Crippen LogP contribution >= 0.6 is 0 Å². The molecule has 0 aromatic heterocycles. The van der Waals surface area contributed by atoms with E-state index in [0.29, 0.717) is 17.9 Å². The van der Waals surface area contributed by atoms with Crippen LogP contribution in [0.4, 0.5) is 0 Å². The fraction of sp³-hybridized carbons (Fsp3) is 0.571. The Morgan fingerprint density at radius 1 is 1.12 bits per heavy atom. The average Bonchev–Trinajstić information content (AvgIpc) is 3.01. The van der Waals surface area contributed by atoms with Crippen molar-refractivity contribution in [1.82, 2.24) is 5.32 Å². The minimum Gasteiger partial charge on any atom is -0.381 e. The molecule has 0 amide bonds. The van der Waals surface area contributed by atoms with Gasteiger partial charge < -0.3 is 10.1 Å². The SMILES string of the molecule is c1ccc([C@H]2CCNC2[C@@H]2CCOC2)cc1. The lowest BCUT2D eigenvalue weighted by Crippen LogP contribution is -2.34. The molecule has 0 bridgehead atoms. The Balaban J connectivity index is 1.78. The summed E-state index contributed by atoms with van der Waals surface area (Å²) in [5.41, 5.74) is 1.49. The molecule has 3 rings (SSSR count). The van der Waals surface area contributed by atoms with Crippen LogP contribution < -0.4 is 5.32 Å². The maximum Gasteiger partial charge on any atom is 0.0510 e. The van der Waals surface area contributed by atoms with Crippen LogP contribution in [0.5, 0.6) is 0 Å². The van der Waals surface area contributed by atoms with Crippen molar-refractivity contribution in [1.29, 1.82) is 0 Å². The van der Waals surface area contributed by atoms with Gasteiger partial charge in [0, 0.05) is 24.5 Å². The standard InChI is InChI=1S/C14H19NO/c1-2-4-11(5-3-1)13-6-8-15-14(13)12-7-9-16-10-12/h1-5,12-15H,6-10H2/t12-,13-,14?/m1/s1. The highest BCUT2D eigenvalue weighted by Gasteiger charge is 2.35. The lowest BCUT2D eigenvalue weighted by atomic mass is 9.84. The molecule has 1 aromatic rings. The van der Waals surface area contributed by atoms with E-state index < -0.39 is 0 Å². The van der Waals surface area contributed by atoms with Crippen molar-refractivity contribution < 1.29 is 4.74 Å². The highest BCUT2D eigenvalue weighted by molar-refractivity contribution is 5.23. The Morgan fingerprint density at radius 3 is 2.75 bits per heavy atom. The van der Waals surface area contributed by atoms with Gasteiger partial charge in [0.05, 0.1) is 6.61 Å². The second-order valence-electron chi connectivity index (χ2n) is 4.91. The van der Waals surface area contributed by atoms with Crippen molar-refractivity contribution in [3.63, 3.8) is 0 Å². The summed E-state index contributed by atoms with van der Waals surface area (Å²) in [5, 5.41) is 3.67. The third kappa shape index (κ3) is 1.87. The smallest absolute Gasteiger partial charge is 0.0510 e. The molecule has 2 heterocycles. The Bertz CT molecular complexity index is 332. The molecule has 0 aliphatic carbocycles. The molecule has 2 saturated heterocycles. The molecular formula is C14H19NO. The lowest BCUT2D eigenvalue weighted by molar-refractivity contribution is 0.177. The van der Waals surface area contributed by atoms with Gasteiger partial charge in [0.25, 0.3) is 0 Å². The number of rotatable bonds is 2. The lowest BCUT2D eigenvalue weighted by Gasteiger charge is -2.24. The van der Waals surface area contributed by atoms with Gasteiger partial charge in [0.15, 0.2) is 0 Å². The van der Waals surface area contributed by atoms with E-state index in [1.165, 1.54) is 18.4 Å². The molecule has 0 spiro atoms. The van der Waals surface area contributed by atoms with Crippen LogP contribution in [-0.4, -0.2) is 25.8 Å². The molecule has 0 radical (unpaired) electrons. The van der Waals surface area contributed by atoms with Gasteiger partial charge in [-0.15, -0.1) is 0 Å². The van der Waals surface area contributed by atoms with Gasteiger partial charge in [0.1, 0.15) is 0 Å². The van der Waals surface area contributed by atoms with Crippen LogP contribution in [0.15, 0.2) is 30.3 Å². The van der Waals surface area contributed by atoms with Crippen molar-refractivity contribution >= 4 is 0 Å². The van der Waals surface area contributed by atoms with E-state index in [1.54, 1.807) is 0 Å². The average molecular weight is 217 g/mol. The van der Waals surface area contributed by atoms with Crippen LogP contribution in [-0.2, 0) is 4.74 Å². The monoisotopic (exact) mass is 217 g/mol. The van der Waals surface area contributed by atoms with Crippen LogP contribution in [0.2, 0.25) is 0 Å². The minimum absolute atomic E-state index is 0.630. The maximum absolute atomic E-state index is 5.51. The molecule has 3 atom stereocenters. The van der Waals surface area contributed by atoms with Gasteiger partial charge in [-0.05, 0) is 24.9 Å².